The van der Waals surface area contributed by atoms with Gasteiger partial charge in [-0.15, -0.1) is 37.1 Å². The second-order valence-electron chi connectivity index (χ2n) is 5.20. The van der Waals surface area contributed by atoms with Gasteiger partial charge >= 0.3 is 6.36 Å². The third-order valence-electron chi connectivity index (χ3n) is 3.14. The predicted molar refractivity (Wildman–Crippen MR) is 115 cm³/mol. The van der Waals surface area contributed by atoms with Crippen molar-refractivity contribution in [3.05, 3.63) is 58.6 Å². The number of alkyl halides is 3. The lowest BCUT2D eigenvalue weighted by Gasteiger charge is -2.14. The number of rotatable bonds is 6. The van der Waals surface area contributed by atoms with Crippen LogP contribution in [0.1, 0.15) is 10.4 Å². The molecule has 0 saturated carbocycles. The van der Waals surface area contributed by atoms with Crippen LogP contribution in [0.25, 0.3) is 0 Å². The summed E-state index contributed by atoms with van der Waals surface area (Å²) in [6.45, 7) is 0.343. The van der Waals surface area contributed by atoms with Crippen molar-refractivity contribution in [2.24, 2.45) is 10.7 Å². The number of guanidine groups is 1. The molecule has 0 fully saturated rings. The smallest absolute Gasteiger partial charge is 0.404 e. The van der Waals surface area contributed by atoms with Crippen molar-refractivity contribution in [3.63, 3.8) is 0 Å². The molecule has 0 aromatic heterocycles. The summed E-state index contributed by atoms with van der Waals surface area (Å²) in [6, 6.07) is 12.3. The van der Waals surface area contributed by atoms with Crippen LogP contribution in [0.3, 0.4) is 0 Å². The largest absolute Gasteiger partial charge is 0.573 e. The Balaban J connectivity index is 0.00000392. The Hall–Kier alpha value is -2.02. The summed E-state index contributed by atoms with van der Waals surface area (Å²) in [4.78, 5) is 15.9. The summed E-state index contributed by atoms with van der Waals surface area (Å²) in [6.07, 6.45) is -4.82. The highest BCUT2D eigenvalue weighted by Gasteiger charge is 2.32. The summed E-state index contributed by atoms with van der Waals surface area (Å²) in [5, 5.41) is 5.21. The number of ether oxygens (including phenoxy) is 1. The topological polar surface area (TPSA) is 88.7 Å². The molecule has 0 aliphatic heterocycles. The number of anilines is 1. The second kappa shape index (κ2) is 11.1. The molecule has 0 saturated heterocycles. The van der Waals surface area contributed by atoms with E-state index in [1.807, 2.05) is 0 Å². The van der Waals surface area contributed by atoms with Gasteiger partial charge in [0, 0.05) is 16.6 Å². The molecule has 11 heteroatoms. The van der Waals surface area contributed by atoms with E-state index in [0.29, 0.717) is 5.56 Å². The first-order valence-electron chi connectivity index (χ1n) is 7.70. The number of benzene rings is 2. The van der Waals surface area contributed by atoms with Crippen molar-refractivity contribution in [2.75, 3.05) is 18.4 Å². The molecule has 0 heterocycles. The van der Waals surface area contributed by atoms with Crippen molar-refractivity contribution < 1.29 is 22.7 Å². The molecule has 6 nitrogen and oxygen atoms in total. The Morgan fingerprint density at radius 2 is 1.89 bits per heavy atom. The van der Waals surface area contributed by atoms with Gasteiger partial charge in [0.2, 0.25) is 0 Å². The predicted octanol–water partition coefficient (Wildman–Crippen LogP) is 4.12. The van der Waals surface area contributed by atoms with E-state index in [9.17, 15) is 18.0 Å². The molecule has 152 valence electrons. The summed E-state index contributed by atoms with van der Waals surface area (Å²) in [5.41, 5.74) is 6.18. The van der Waals surface area contributed by atoms with Crippen molar-refractivity contribution in [2.45, 2.75) is 6.36 Å². The second-order valence-corrected chi connectivity index (χ2v) is 6.12. The van der Waals surface area contributed by atoms with E-state index in [-0.39, 0.29) is 54.6 Å². The van der Waals surface area contributed by atoms with Gasteiger partial charge in [0.25, 0.3) is 5.91 Å². The zero-order chi connectivity index (χ0) is 19.9. The minimum Gasteiger partial charge on any atom is -0.404 e. The summed E-state index contributed by atoms with van der Waals surface area (Å²) < 4.78 is 41.9. The Morgan fingerprint density at radius 3 is 2.57 bits per heavy atom. The van der Waals surface area contributed by atoms with Crippen LogP contribution in [0.5, 0.6) is 5.75 Å². The van der Waals surface area contributed by atoms with Crippen molar-refractivity contribution in [1.29, 1.82) is 0 Å². The molecule has 2 aromatic carbocycles. The number of carbonyl (C=O) groups is 1. The number of halogens is 5. The fraction of sp³-hybridized carbons (Fsp3) is 0.176. The van der Waals surface area contributed by atoms with E-state index in [2.05, 4.69) is 36.3 Å². The molecule has 1 amide bonds. The average molecular weight is 573 g/mol. The Labute approximate surface area is 184 Å². The normalized spacial score (nSPS) is 11.4. The number of nitrogens with one attached hydrogen (secondary N) is 2. The molecule has 0 bridgehead atoms. The van der Waals surface area contributed by atoms with Crippen LogP contribution in [-0.2, 0) is 0 Å². The first-order chi connectivity index (χ1) is 12.7. The zero-order valence-electron chi connectivity index (χ0n) is 14.3. The number of hydrogen-bond donors (Lipinski definition) is 3. The van der Waals surface area contributed by atoms with Gasteiger partial charge in [0.1, 0.15) is 0 Å². The van der Waals surface area contributed by atoms with Gasteiger partial charge in [-0.3, -0.25) is 9.79 Å². The van der Waals surface area contributed by atoms with Gasteiger partial charge in [-0.1, -0.05) is 34.1 Å². The van der Waals surface area contributed by atoms with Crippen molar-refractivity contribution >= 4 is 57.5 Å². The SMILES string of the molecule is I.NC(=NCCNC(=O)c1cccc(Br)c1)Nc1ccccc1OC(F)(F)F. The maximum atomic E-state index is 12.4. The standard InChI is InChI=1S/C17H16BrF3N4O2.HI/c18-12-5-3-4-11(10-12)15(26)23-8-9-24-16(22)25-13-6-1-2-7-14(13)27-17(19,20)21;/h1-7,10H,8-9H2,(H,23,26)(H3,22,24,25);1H. The number of nitrogens with two attached hydrogens (primary N) is 1. The molecule has 0 aliphatic rings. The lowest BCUT2D eigenvalue weighted by atomic mass is 10.2. The first-order valence-corrected chi connectivity index (χ1v) is 8.49. The van der Waals surface area contributed by atoms with Crippen molar-refractivity contribution in [3.8, 4) is 5.75 Å². The quantitative estimate of drug-likeness (QED) is 0.210. The summed E-state index contributed by atoms with van der Waals surface area (Å²) >= 11 is 3.28. The minimum atomic E-state index is -4.82. The van der Waals surface area contributed by atoms with Crippen LogP contribution in [0.2, 0.25) is 0 Å². The molecule has 0 spiro atoms. The maximum Gasteiger partial charge on any atom is 0.573 e. The number of nitrogens with zero attached hydrogens (tertiary/aromatic N) is 1. The van der Waals surface area contributed by atoms with Crippen LogP contribution in [0, 0.1) is 0 Å². The molecule has 0 radical (unpaired) electrons. The molecule has 28 heavy (non-hydrogen) atoms. The van der Waals surface area contributed by atoms with E-state index >= 15 is 0 Å². The highest BCUT2D eigenvalue weighted by molar-refractivity contribution is 14.0. The number of carbonyl (C=O) groups excluding carboxylic acids is 1. The van der Waals surface area contributed by atoms with E-state index in [1.54, 1.807) is 24.3 Å². The van der Waals surface area contributed by atoms with E-state index in [0.717, 1.165) is 10.5 Å². The zero-order valence-corrected chi connectivity index (χ0v) is 18.2. The van der Waals surface area contributed by atoms with Crippen LogP contribution in [0.4, 0.5) is 18.9 Å². The Kier molecular flexibility index (Phi) is 9.52. The lowest BCUT2D eigenvalue weighted by molar-refractivity contribution is -0.274. The Bertz CT molecular complexity index is 834. The van der Waals surface area contributed by atoms with Gasteiger partial charge in [-0.05, 0) is 30.3 Å². The summed E-state index contributed by atoms with van der Waals surface area (Å²) in [7, 11) is 0. The van der Waals surface area contributed by atoms with Crippen LogP contribution in [-0.4, -0.2) is 31.3 Å². The molecule has 0 unspecified atom stereocenters. The number of aliphatic imine (C=N–C) groups is 1. The highest BCUT2D eigenvalue weighted by atomic mass is 127. The fourth-order valence-corrected chi connectivity index (χ4v) is 2.44. The third kappa shape index (κ3) is 8.33. The van der Waals surface area contributed by atoms with Gasteiger partial charge in [0.05, 0.1) is 12.2 Å². The molecule has 0 aliphatic carbocycles. The molecule has 4 N–H and O–H groups in total. The molecule has 2 rings (SSSR count). The van der Waals surface area contributed by atoms with E-state index < -0.39 is 12.1 Å². The number of hydrogen-bond acceptors (Lipinski definition) is 3. The maximum absolute atomic E-state index is 12.4. The highest BCUT2D eigenvalue weighted by Crippen LogP contribution is 2.29. The van der Waals surface area contributed by atoms with Gasteiger partial charge in [-0.2, -0.15) is 0 Å². The van der Waals surface area contributed by atoms with Crippen LogP contribution >= 0.6 is 39.9 Å². The van der Waals surface area contributed by atoms with Gasteiger partial charge in [0.15, 0.2) is 11.7 Å². The molecular weight excluding hydrogens is 556 g/mol. The van der Waals surface area contributed by atoms with Gasteiger partial charge < -0.3 is 21.1 Å². The van der Waals surface area contributed by atoms with E-state index in [1.165, 1.54) is 18.2 Å². The Morgan fingerprint density at radius 1 is 1.18 bits per heavy atom. The monoisotopic (exact) mass is 572 g/mol. The number of amides is 1. The minimum absolute atomic E-state index is 0. The average Bonchev–Trinajstić information content (AvgIpc) is 2.59. The van der Waals surface area contributed by atoms with Crippen LogP contribution in [0.15, 0.2) is 58.0 Å². The first kappa shape index (κ1) is 24.0. The van der Waals surface area contributed by atoms with E-state index in [4.69, 9.17) is 5.73 Å². The van der Waals surface area contributed by atoms with Gasteiger partial charge in [-0.25, -0.2) is 0 Å². The van der Waals surface area contributed by atoms with Crippen molar-refractivity contribution in [1.82, 2.24) is 5.32 Å². The lowest BCUT2D eigenvalue weighted by Crippen LogP contribution is -2.28. The third-order valence-corrected chi connectivity index (χ3v) is 3.64. The molecule has 0 atom stereocenters. The number of para-hydroxylation sites is 2. The molecule has 2 aromatic rings. The van der Waals surface area contributed by atoms with Crippen LogP contribution < -0.4 is 21.1 Å². The summed E-state index contributed by atoms with van der Waals surface area (Å²) in [5.74, 6) is -0.807. The molecular formula is C17H17BrF3IN4O2. The fourth-order valence-electron chi connectivity index (χ4n) is 2.04.